The molecule has 14 heteroatoms. The van der Waals surface area contributed by atoms with Crippen molar-refractivity contribution in [2.75, 3.05) is 57.0 Å². The van der Waals surface area contributed by atoms with Crippen molar-refractivity contribution in [2.45, 2.75) is 52.2 Å². The van der Waals surface area contributed by atoms with Gasteiger partial charge in [-0.2, -0.15) is 14.6 Å². The molecule has 2 fully saturated rings. The van der Waals surface area contributed by atoms with Crippen LogP contribution in [-0.2, 0) is 14.8 Å². The Morgan fingerprint density at radius 1 is 1.23 bits per heavy atom. The van der Waals surface area contributed by atoms with Gasteiger partial charge in [0.25, 0.3) is 0 Å². The number of aromatic amines is 1. The minimum absolute atomic E-state index is 0.0472. The molecule has 2 N–H and O–H groups in total. The van der Waals surface area contributed by atoms with Gasteiger partial charge in [0.05, 0.1) is 31.3 Å². The molecule has 0 radical (unpaired) electrons. The largest absolute Gasteiger partial charge is 0.485 e. The van der Waals surface area contributed by atoms with E-state index in [1.807, 2.05) is 13.8 Å². The zero-order chi connectivity index (χ0) is 27.4. The van der Waals surface area contributed by atoms with Crippen LogP contribution in [-0.4, -0.2) is 111 Å². The average molecular weight is 562 g/mol. The molecule has 13 nitrogen and oxygen atoms in total. The molecule has 0 aliphatic carbocycles. The quantitative estimate of drug-likeness (QED) is 0.333. The van der Waals surface area contributed by atoms with Gasteiger partial charge in [-0.1, -0.05) is 6.92 Å². The first kappa shape index (κ1) is 27.7. The normalized spacial score (nSPS) is 21.5. The van der Waals surface area contributed by atoms with Crippen LogP contribution in [0.3, 0.4) is 0 Å². The number of hydrogen-bond donors (Lipinski definition) is 2. The monoisotopic (exact) mass is 561 g/mol. The lowest BCUT2D eigenvalue weighted by atomic mass is 9.95. The summed E-state index contributed by atoms with van der Waals surface area (Å²) in [6.07, 6.45) is 7.21. The van der Waals surface area contributed by atoms with Gasteiger partial charge >= 0.3 is 0 Å². The van der Waals surface area contributed by atoms with Gasteiger partial charge in [-0.15, -0.1) is 5.10 Å². The molecule has 0 amide bonds. The van der Waals surface area contributed by atoms with Crippen molar-refractivity contribution in [1.82, 2.24) is 39.0 Å². The van der Waals surface area contributed by atoms with Gasteiger partial charge < -0.3 is 14.8 Å². The number of unbranched alkanes of at least 4 members (excludes halogenated alkanes) is 1. The van der Waals surface area contributed by atoms with Crippen LogP contribution in [0.25, 0.3) is 16.9 Å². The van der Waals surface area contributed by atoms with Crippen molar-refractivity contribution >= 4 is 21.6 Å². The summed E-state index contributed by atoms with van der Waals surface area (Å²) in [6.45, 7) is 11.2. The molecule has 2 atom stereocenters. The lowest BCUT2D eigenvalue weighted by Gasteiger charge is -2.36. The molecule has 3 aromatic rings. The smallest absolute Gasteiger partial charge is 0.243 e. The fourth-order valence-corrected chi connectivity index (χ4v) is 6.81. The number of nitrogens with one attached hydrogen (secondary N) is 2. The van der Waals surface area contributed by atoms with Crippen LogP contribution < -0.4 is 10.1 Å². The van der Waals surface area contributed by atoms with Gasteiger partial charge in [0.1, 0.15) is 12.0 Å². The Balaban J connectivity index is 1.20. The highest BCUT2D eigenvalue weighted by Crippen LogP contribution is 2.32. The highest BCUT2D eigenvalue weighted by Gasteiger charge is 2.33. The van der Waals surface area contributed by atoms with Crippen LogP contribution in [0.15, 0.2) is 18.7 Å². The zero-order valence-corrected chi connectivity index (χ0v) is 23.7. The van der Waals surface area contributed by atoms with Gasteiger partial charge in [-0.3, -0.25) is 10.00 Å². The second-order valence-electron chi connectivity index (χ2n) is 10.6. The van der Waals surface area contributed by atoms with E-state index in [4.69, 9.17) is 14.5 Å². The first-order valence-electron chi connectivity index (χ1n) is 13.8. The van der Waals surface area contributed by atoms with Crippen LogP contribution >= 0.6 is 0 Å². The minimum Gasteiger partial charge on any atom is -0.485 e. The van der Waals surface area contributed by atoms with Crippen molar-refractivity contribution in [1.29, 1.82) is 0 Å². The predicted octanol–water partition coefficient (Wildman–Crippen LogP) is 1.87. The summed E-state index contributed by atoms with van der Waals surface area (Å²) in [5.74, 6) is 1.29. The molecule has 214 valence electrons. The Morgan fingerprint density at radius 2 is 2.05 bits per heavy atom. The summed E-state index contributed by atoms with van der Waals surface area (Å²) >= 11 is 0. The lowest BCUT2D eigenvalue weighted by molar-refractivity contribution is 0.0373. The van der Waals surface area contributed by atoms with E-state index >= 15 is 0 Å². The number of ether oxygens (including phenoxy) is 2. The van der Waals surface area contributed by atoms with Crippen LogP contribution in [0.2, 0.25) is 0 Å². The number of piperidine rings is 1. The van der Waals surface area contributed by atoms with E-state index in [9.17, 15) is 8.42 Å². The Bertz CT molecular complexity index is 1320. The summed E-state index contributed by atoms with van der Waals surface area (Å²) in [6, 6.07) is 0.0472. The van der Waals surface area contributed by atoms with Crippen molar-refractivity contribution in [2.24, 2.45) is 5.92 Å². The zero-order valence-electron chi connectivity index (χ0n) is 22.9. The van der Waals surface area contributed by atoms with Gasteiger partial charge in [0.15, 0.2) is 5.75 Å². The average Bonchev–Trinajstić information content (AvgIpc) is 3.59. The number of morpholine rings is 1. The van der Waals surface area contributed by atoms with E-state index in [0.717, 1.165) is 44.8 Å². The van der Waals surface area contributed by atoms with Crippen LogP contribution in [0, 0.1) is 5.92 Å². The van der Waals surface area contributed by atoms with E-state index in [-0.39, 0.29) is 23.8 Å². The summed E-state index contributed by atoms with van der Waals surface area (Å²) in [5.41, 5.74) is 2.00. The SMILES string of the molecule is CC(C)Oc1c(-c2cn[nH]c2)ncn2nc(N[C@H]3CCN(S(=O)(=O)CCCCN4CCOCC4)C[C@H]3C)nc12. The Kier molecular flexibility index (Phi) is 8.64. The topological polar surface area (TPSA) is 143 Å². The first-order chi connectivity index (χ1) is 18.8. The van der Waals surface area contributed by atoms with Gasteiger partial charge in [0.2, 0.25) is 21.6 Å². The van der Waals surface area contributed by atoms with E-state index in [1.165, 1.54) is 0 Å². The molecule has 5 rings (SSSR count). The molecule has 2 aliphatic heterocycles. The highest BCUT2D eigenvalue weighted by molar-refractivity contribution is 7.89. The Hall–Kier alpha value is -2.81. The van der Waals surface area contributed by atoms with Gasteiger partial charge in [-0.05, 0) is 45.6 Å². The molecule has 0 spiro atoms. The minimum atomic E-state index is -3.29. The third kappa shape index (κ3) is 6.68. The van der Waals surface area contributed by atoms with E-state index in [2.05, 4.69) is 37.4 Å². The molecule has 5 heterocycles. The van der Waals surface area contributed by atoms with Crippen LogP contribution in [0.1, 0.15) is 40.0 Å². The van der Waals surface area contributed by atoms with Crippen LogP contribution in [0.4, 0.5) is 5.95 Å². The second kappa shape index (κ2) is 12.1. The second-order valence-corrected chi connectivity index (χ2v) is 12.7. The van der Waals surface area contributed by atoms with Crippen molar-refractivity contribution in [3.63, 3.8) is 0 Å². The maximum atomic E-state index is 13.0. The maximum Gasteiger partial charge on any atom is 0.243 e. The van der Waals surface area contributed by atoms with Crippen LogP contribution in [0.5, 0.6) is 5.75 Å². The number of hydrogen-bond acceptors (Lipinski definition) is 10. The number of rotatable bonds is 11. The Labute approximate surface area is 229 Å². The maximum absolute atomic E-state index is 13.0. The fraction of sp³-hybridized carbons (Fsp3) is 0.680. The number of anilines is 1. The Morgan fingerprint density at radius 3 is 2.77 bits per heavy atom. The number of nitrogens with zero attached hydrogens (tertiary/aromatic N) is 7. The predicted molar refractivity (Wildman–Crippen MR) is 147 cm³/mol. The summed E-state index contributed by atoms with van der Waals surface area (Å²) < 4.78 is 40.8. The molecular formula is C25H39N9O4S. The molecule has 2 saturated heterocycles. The van der Waals surface area contributed by atoms with E-state index < -0.39 is 10.0 Å². The number of sulfonamides is 1. The van der Waals surface area contributed by atoms with Crippen molar-refractivity contribution in [3.8, 4) is 17.0 Å². The third-order valence-corrected chi connectivity index (χ3v) is 9.20. The molecule has 3 aromatic heterocycles. The van der Waals surface area contributed by atoms with E-state index in [0.29, 0.717) is 49.0 Å². The van der Waals surface area contributed by atoms with Gasteiger partial charge in [0, 0.05) is 44.0 Å². The van der Waals surface area contributed by atoms with E-state index in [1.54, 1.807) is 27.5 Å². The molecule has 0 bridgehead atoms. The summed E-state index contributed by atoms with van der Waals surface area (Å²) in [4.78, 5) is 11.6. The molecule has 0 unspecified atom stereocenters. The molecule has 0 saturated carbocycles. The molecule has 39 heavy (non-hydrogen) atoms. The molecule has 0 aromatic carbocycles. The van der Waals surface area contributed by atoms with Crippen molar-refractivity contribution in [3.05, 3.63) is 18.7 Å². The number of aromatic nitrogens is 6. The lowest BCUT2D eigenvalue weighted by Crippen LogP contribution is -2.48. The summed E-state index contributed by atoms with van der Waals surface area (Å²) in [7, 11) is -3.29. The third-order valence-electron chi connectivity index (χ3n) is 7.28. The fourth-order valence-electron chi connectivity index (χ4n) is 5.14. The molecule has 2 aliphatic rings. The first-order valence-corrected chi connectivity index (χ1v) is 15.4. The summed E-state index contributed by atoms with van der Waals surface area (Å²) in [5, 5.41) is 14.8. The highest BCUT2D eigenvalue weighted by atomic mass is 32.2. The van der Waals surface area contributed by atoms with Crippen molar-refractivity contribution < 1.29 is 17.9 Å². The number of fused-ring (bicyclic) bond motifs is 1. The number of H-pyrrole nitrogens is 1. The molecular weight excluding hydrogens is 522 g/mol. The van der Waals surface area contributed by atoms with Gasteiger partial charge in [-0.25, -0.2) is 17.7 Å². The standard InChI is InChI=1S/C25H39N9O4S/c1-18(2)38-23-22(20-14-27-28-15-20)26-17-34-24(23)30-25(31-34)29-21-6-8-33(16-19(21)3)39(35,36)13-5-4-7-32-9-11-37-12-10-32/h14-15,17-19,21H,4-13,16H2,1-3H3,(H,27,28)(H,29,31)/t19-,21+/m1/s1.